The molecule has 0 bridgehead atoms. The van der Waals surface area contributed by atoms with Gasteiger partial charge in [-0.25, -0.2) is 4.79 Å². The molecule has 0 atom stereocenters. The number of H-pyrrole nitrogens is 1. The maximum absolute atomic E-state index is 13.0. The summed E-state index contributed by atoms with van der Waals surface area (Å²) >= 11 is 0. The molecule has 3 heteroatoms. The Labute approximate surface area is 230 Å². The molecule has 3 nitrogen and oxygen atoms in total. The minimum absolute atomic E-state index is 0.139. The van der Waals surface area contributed by atoms with Crippen LogP contribution in [-0.2, 0) is 0 Å². The fraction of sp³-hybridized carbons (Fsp3) is 0. The number of benzene rings is 7. The Morgan fingerprint density at radius 3 is 1.65 bits per heavy atom. The van der Waals surface area contributed by atoms with Crippen LogP contribution in [0.3, 0.4) is 0 Å². The first-order valence-electron chi connectivity index (χ1n) is 13.5. The Balaban J connectivity index is 1.42. The van der Waals surface area contributed by atoms with E-state index in [1.165, 1.54) is 49.0 Å². The topological polar surface area (TPSA) is 37.8 Å². The van der Waals surface area contributed by atoms with Crippen molar-refractivity contribution >= 4 is 43.4 Å². The molecule has 8 aromatic rings. The molecule has 188 valence electrons. The first-order valence-corrected chi connectivity index (χ1v) is 13.5. The number of fused-ring (bicyclic) bond motifs is 4. The summed E-state index contributed by atoms with van der Waals surface area (Å²) in [6.45, 7) is 0. The number of rotatable bonds is 3. The highest BCUT2D eigenvalue weighted by Crippen LogP contribution is 2.44. The number of imidazole rings is 1. The fourth-order valence-corrected chi connectivity index (χ4v) is 6.20. The van der Waals surface area contributed by atoms with Gasteiger partial charge in [0.2, 0.25) is 0 Å². The Kier molecular flexibility index (Phi) is 4.98. The van der Waals surface area contributed by atoms with Crippen molar-refractivity contribution < 1.29 is 0 Å². The van der Waals surface area contributed by atoms with Crippen molar-refractivity contribution in [2.24, 2.45) is 0 Å². The van der Waals surface area contributed by atoms with Gasteiger partial charge in [0, 0.05) is 0 Å². The van der Waals surface area contributed by atoms with Crippen LogP contribution < -0.4 is 5.69 Å². The Bertz CT molecular complexity index is 2230. The summed E-state index contributed by atoms with van der Waals surface area (Å²) in [5.74, 6) is 0. The average Bonchev–Trinajstić information content (AvgIpc) is 3.34. The van der Waals surface area contributed by atoms with Crippen molar-refractivity contribution in [3.63, 3.8) is 0 Å². The fourth-order valence-electron chi connectivity index (χ4n) is 6.20. The third kappa shape index (κ3) is 3.41. The Hall–Kier alpha value is -5.41. The molecule has 0 fully saturated rings. The van der Waals surface area contributed by atoms with Crippen molar-refractivity contribution in [2.45, 2.75) is 0 Å². The lowest BCUT2D eigenvalue weighted by atomic mass is 9.85. The number of nitrogens with one attached hydrogen (secondary N) is 1. The van der Waals surface area contributed by atoms with Gasteiger partial charge in [0.05, 0.1) is 16.7 Å². The largest absolute Gasteiger partial charge is 0.331 e. The average molecular weight is 513 g/mol. The summed E-state index contributed by atoms with van der Waals surface area (Å²) in [5, 5.41) is 7.27. The van der Waals surface area contributed by atoms with E-state index in [0.717, 1.165) is 22.3 Å². The predicted molar refractivity (Wildman–Crippen MR) is 167 cm³/mol. The summed E-state index contributed by atoms with van der Waals surface area (Å²) in [5.41, 5.74) is 7.08. The summed E-state index contributed by atoms with van der Waals surface area (Å²) in [4.78, 5) is 16.1. The lowest BCUT2D eigenvalue weighted by Crippen LogP contribution is -2.14. The summed E-state index contributed by atoms with van der Waals surface area (Å²) < 4.78 is 1.73. The zero-order chi connectivity index (χ0) is 26.6. The summed E-state index contributed by atoms with van der Waals surface area (Å²) in [7, 11) is 0. The second-order valence-electron chi connectivity index (χ2n) is 10.2. The van der Waals surface area contributed by atoms with E-state index in [4.69, 9.17) is 0 Å². The molecule has 0 unspecified atom stereocenters. The van der Waals surface area contributed by atoms with E-state index >= 15 is 0 Å². The third-order valence-corrected chi connectivity index (χ3v) is 7.95. The van der Waals surface area contributed by atoms with Gasteiger partial charge in [-0.1, -0.05) is 109 Å². The second-order valence-corrected chi connectivity index (χ2v) is 10.2. The van der Waals surface area contributed by atoms with Gasteiger partial charge in [0.1, 0.15) is 0 Å². The van der Waals surface area contributed by atoms with Gasteiger partial charge in [-0.05, 0) is 84.9 Å². The molecule has 0 spiro atoms. The van der Waals surface area contributed by atoms with Crippen molar-refractivity contribution in [1.29, 1.82) is 0 Å². The number of nitrogens with zero attached hydrogens (tertiary/aromatic N) is 1. The quantitative estimate of drug-likeness (QED) is 0.236. The van der Waals surface area contributed by atoms with E-state index in [0.29, 0.717) is 0 Å². The number of hydrogen-bond acceptors (Lipinski definition) is 1. The van der Waals surface area contributed by atoms with Crippen molar-refractivity contribution in [3.8, 4) is 27.9 Å². The summed E-state index contributed by atoms with van der Waals surface area (Å²) in [6, 6.07) is 48.6. The molecular weight excluding hydrogens is 488 g/mol. The Morgan fingerprint density at radius 2 is 1.00 bits per heavy atom. The normalized spacial score (nSPS) is 11.6. The lowest BCUT2D eigenvalue weighted by molar-refractivity contribution is 1.02. The summed E-state index contributed by atoms with van der Waals surface area (Å²) in [6.07, 6.45) is 0. The van der Waals surface area contributed by atoms with Crippen LogP contribution in [0.5, 0.6) is 0 Å². The maximum atomic E-state index is 13.0. The number of aromatic nitrogens is 2. The van der Waals surface area contributed by atoms with Crippen molar-refractivity contribution in [2.75, 3.05) is 0 Å². The molecule has 8 rings (SSSR count). The van der Waals surface area contributed by atoms with Gasteiger partial charge in [-0.2, -0.15) is 0 Å². The van der Waals surface area contributed by atoms with E-state index < -0.39 is 0 Å². The SMILES string of the molecule is O=c1[nH]c2cc(-c3c4ccccc4c(-c4ccc5ccccc5c4)c4ccccc34)ccc2n1-c1ccccc1. The van der Waals surface area contributed by atoms with E-state index in [9.17, 15) is 4.79 Å². The molecule has 0 aliphatic heterocycles. The molecule has 0 saturated carbocycles. The van der Waals surface area contributed by atoms with E-state index in [1.54, 1.807) is 4.57 Å². The van der Waals surface area contributed by atoms with Gasteiger partial charge in [0.15, 0.2) is 0 Å². The molecule has 0 aliphatic rings. The van der Waals surface area contributed by atoms with E-state index in [1.807, 2.05) is 30.3 Å². The molecule has 0 aliphatic carbocycles. The third-order valence-electron chi connectivity index (χ3n) is 7.95. The van der Waals surface area contributed by atoms with Crippen molar-refractivity contribution in [1.82, 2.24) is 9.55 Å². The van der Waals surface area contributed by atoms with Crippen LogP contribution in [-0.4, -0.2) is 9.55 Å². The molecule has 1 aromatic heterocycles. The standard InChI is InChI=1S/C37H24N2O/c40-37-38-33-23-27(20-21-34(33)39(37)28-12-2-1-3-13-28)36-31-16-8-6-14-29(31)35(30-15-7-9-17-32(30)36)26-19-18-24-10-4-5-11-25(24)22-26/h1-23H,(H,38,40). The van der Waals surface area contributed by atoms with Gasteiger partial charge < -0.3 is 4.98 Å². The van der Waals surface area contributed by atoms with Gasteiger partial charge >= 0.3 is 5.69 Å². The second kappa shape index (κ2) is 8.82. The highest BCUT2D eigenvalue weighted by atomic mass is 16.1. The maximum Gasteiger partial charge on any atom is 0.331 e. The van der Waals surface area contributed by atoms with Crippen LogP contribution in [0.2, 0.25) is 0 Å². The van der Waals surface area contributed by atoms with Crippen LogP contribution >= 0.6 is 0 Å². The van der Waals surface area contributed by atoms with Crippen LogP contribution in [0.15, 0.2) is 144 Å². The molecule has 40 heavy (non-hydrogen) atoms. The zero-order valence-electron chi connectivity index (χ0n) is 21.6. The smallest absolute Gasteiger partial charge is 0.305 e. The number of para-hydroxylation sites is 1. The van der Waals surface area contributed by atoms with Crippen LogP contribution in [0.4, 0.5) is 0 Å². The van der Waals surface area contributed by atoms with Gasteiger partial charge in [0.25, 0.3) is 0 Å². The lowest BCUT2D eigenvalue weighted by Gasteiger charge is -2.18. The van der Waals surface area contributed by atoms with Gasteiger partial charge in [-0.3, -0.25) is 4.57 Å². The Morgan fingerprint density at radius 1 is 0.475 bits per heavy atom. The zero-order valence-corrected chi connectivity index (χ0v) is 21.6. The van der Waals surface area contributed by atoms with Crippen LogP contribution in [0.1, 0.15) is 0 Å². The predicted octanol–water partition coefficient (Wildman–Crippen LogP) is 9.11. The molecule has 0 radical (unpaired) electrons. The highest BCUT2D eigenvalue weighted by molar-refractivity contribution is 6.22. The van der Waals surface area contributed by atoms with E-state index in [2.05, 4.69) is 114 Å². The molecule has 1 N–H and O–H groups in total. The first kappa shape index (κ1) is 22.6. The number of hydrogen-bond donors (Lipinski definition) is 1. The van der Waals surface area contributed by atoms with Crippen LogP contribution in [0.25, 0.3) is 71.3 Å². The highest BCUT2D eigenvalue weighted by Gasteiger charge is 2.18. The van der Waals surface area contributed by atoms with Crippen LogP contribution in [0, 0.1) is 0 Å². The minimum atomic E-state index is -0.139. The molecule has 1 heterocycles. The molecular formula is C37H24N2O. The van der Waals surface area contributed by atoms with Gasteiger partial charge in [-0.15, -0.1) is 0 Å². The molecule has 0 saturated heterocycles. The monoisotopic (exact) mass is 512 g/mol. The van der Waals surface area contributed by atoms with E-state index in [-0.39, 0.29) is 5.69 Å². The van der Waals surface area contributed by atoms with Crippen molar-refractivity contribution in [3.05, 3.63) is 150 Å². The molecule has 0 amide bonds. The first-order chi connectivity index (χ1) is 19.8. The molecule has 7 aromatic carbocycles. The number of aromatic amines is 1. The minimum Gasteiger partial charge on any atom is -0.305 e.